The van der Waals surface area contributed by atoms with Gasteiger partial charge in [0, 0.05) is 0 Å². The zero-order chi connectivity index (χ0) is 34.7. The van der Waals surface area contributed by atoms with E-state index in [0.717, 1.165) is 33.9 Å². The first-order valence-corrected chi connectivity index (χ1v) is 17.3. The molecule has 0 amide bonds. The predicted molar refractivity (Wildman–Crippen MR) is 208 cm³/mol. The van der Waals surface area contributed by atoms with Gasteiger partial charge in [-0.25, -0.2) is 0 Å². The molecule has 0 atom stereocenters. The van der Waals surface area contributed by atoms with E-state index in [1.807, 2.05) is 0 Å². The van der Waals surface area contributed by atoms with Crippen molar-refractivity contribution in [3.8, 4) is 50.6 Å². The molecule has 0 radical (unpaired) electrons. The molecule has 248 valence electrons. The highest BCUT2D eigenvalue weighted by molar-refractivity contribution is 6.31. The normalized spacial score (nSPS) is 12.6. The summed E-state index contributed by atoms with van der Waals surface area (Å²) < 4.78 is 18.8. The van der Waals surface area contributed by atoms with Gasteiger partial charge >= 0.3 is 0 Å². The molecule has 0 spiro atoms. The first-order valence-electron chi connectivity index (χ1n) is 17.3. The molecular formula is C46H46O3. The van der Waals surface area contributed by atoms with E-state index in [-0.39, 0.29) is 16.8 Å². The van der Waals surface area contributed by atoms with Crippen LogP contribution in [0.1, 0.15) is 62.3 Å². The van der Waals surface area contributed by atoms with Gasteiger partial charge in [0.05, 0.1) is 0 Å². The van der Waals surface area contributed by atoms with Gasteiger partial charge in [0.2, 0.25) is 0 Å². The van der Waals surface area contributed by atoms with Crippen LogP contribution in [0.15, 0.2) is 115 Å². The predicted octanol–water partition coefficient (Wildman–Crippen LogP) is 13.1. The van der Waals surface area contributed by atoms with E-state index >= 15 is 0 Å². The van der Waals surface area contributed by atoms with E-state index in [1.54, 1.807) is 0 Å². The highest BCUT2D eigenvalue weighted by Crippen LogP contribution is 2.51. The summed E-state index contributed by atoms with van der Waals surface area (Å²) in [6.45, 7) is 18.7. The third kappa shape index (κ3) is 6.68. The second-order valence-corrected chi connectivity index (χ2v) is 16.0. The maximum absolute atomic E-state index is 6.26. The summed E-state index contributed by atoms with van der Waals surface area (Å²) in [6.07, 6.45) is 0. The van der Waals surface area contributed by atoms with E-state index in [1.165, 1.54) is 49.0 Å². The van der Waals surface area contributed by atoms with Gasteiger partial charge in [-0.1, -0.05) is 78.9 Å². The lowest BCUT2D eigenvalue weighted by Crippen LogP contribution is -2.22. The Kier molecular flexibility index (Phi) is 7.86. The zero-order valence-corrected chi connectivity index (χ0v) is 30.2. The summed E-state index contributed by atoms with van der Waals surface area (Å²) in [5, 5.41) is 7.51. The van der Waals surface area contributed by atoms with Crippen LogP contribution in [0, 0.1) is 0 Å². The Balaban J connectivity index is 1.57. The largest absolute Gasteiger partial charge is 0.488 e. The van der Waals surface area contributed by atoms with Crippen molar-refractivity contribution in [1.29, 1.82) is 0 Å². The lowest BCUT2D eigenvalue weighted by atomic mass is 9.79. The summed E-state index contributed by atoms with van der Waals surface area (Å²) in [4.78, 5) is 0. The second kappa shape index (κ2) is 11.8. The third-order valence-electron chi connectivity index (χ3n) is 8.52. The minimum Gasteiger partial charge on any atom is -0.488 e. The van der Waals surface area contributed by atoms with Crippen LogP contribution in [0.4, 0.5) is 0 Å². The highest BCUT2D eigenvalue weighted by Gasteiger charge is 2.24. The second-order valence-electron chi connectivity index (χ2n) is 16.0. The van der Waals surface area contributed by atoms with Gasteiger partial charge in [0.15, 0.2) is 0 Å². The molecule has 0 saturated heterocycles. The zero-order valence-electron chi connectivity index (χ0n) is 30.2. The molecule has 0 aliphatic rings. The maximum Gasteiger partial charge on any atom is 0.120 e. The van der Waals surface area contributed by atoms with Crippen molar-refractivity contribution in [3.05, 3.63) is 115 Å². The molecule has 0 unspecified atom stereocenters. The topological polar surface area (TPSA) is 27.7 Å². The quantitative estimate of drug-likeness (QED) is 0.168. The SMILES string of the molecule is CC(C)(C)Oc1ccc(-c2c(-c3ccc(OC(C)(C)C)cc3)c3ccc4cccc5ccc(c2-c2ccc(OC(C)(C)C)cc2)c3c45)cc1. The van der Waals surface area contributed by atoms with Crippen LogP contribution in [0.25, 0.3) is 65.7 Å². The van der Waals surface area contributed by atoms with Crippen LogP contribution in [-0.2, 0) is 0 Å². The van der Waals surface area contributed by atoms with Crippen molar-refractivity contribution < 1.29 is 14.2 Å². The molecular weight excluding hydrogens is 601 g/mol. The fourth-order valence-electron chi connectivity index (χ4n) is 6.91. The molecule has 7 rings (SSSR count). The van der Waals surface area contributed by atoms with Gasteiger partial charge in [-0.05, 0) is 164 Å². The lowest BCUT2D eigenvalue weighted by Gasteiger charge is -2.25. The average molecular weight is 647 g/mol. The highest BCUT2D eigenvalue weighted by atomic mass is 16.5. The molecule has 0 aliphatic carbocycles. The van der Waals surface area contributed by atoms with Crippen molar-refractivity contribution in [2.75, 3.05) is 0 Å². The minimum atomic E-state index is -0.289. The average Bonchev–Trinajstić information content (AvgIpc) is 3.02. The summed E-state index contributed by atoms with van der Waals surface area (Å²) >= 11 is 0. The Hall–Kier alpha value is -5.02. The number of rotatable bonds is 6. The van der Waals surface area contributed by atoms with Gasteiger partial charge in [-0.3, -0.25) is 0 Å². The molecule has 49 heavy (non-hydrogen) atoms. The standard InChI is InChI=1S/C46H46O3/c1-44(2,3)47-34-21-13-31(14-22-34)40-37-27-19-29-11-10-12-30-20-28-38(43(37)39(29)30)41(32-15-23-35(24-16-32)48-45(4,5)6)42(40)33-17-25-36(26-18-33)49-46(7,8)9/h10-28H,1-9H3. The molecule has 0 aromatic heterocycles. The number of hydrogen-bond acceptors (Lipinski definition) is 3. The van der Waals surface area contributed by atoms with Crippen LogP contribution in [0.2, 0.25) is 0 Å². The molecule has 7 aromatic carbocycles. The van der Waals surface area contributed by atoms with Gasteiger partial charge in [0.25, 0.3) is 0 Å². The molecule has 0 bridgehead atoms. The fourth-order valence-corrected chi connectivity index (χ4v) is 6.91. The first-order chi connectivity index (χ1) is 23.1. The summed E-state index contributed by atoms with van der Waals surface area (Å²) in [5.41, 5.74) is 6.12. The summed E-state index contributed by atoms with van der Waals surface area (Å²) in [7, 11) is 0. The third-order valence-corrected chi connectivity index (χ3v) is 8.52. The van der Waals surface area contributed by atoms with E-state index in [9.17, 15) is 0 Å². The van der Waals surface area contributed by atoms with Crippen molar-refractivity contribution in [1.82, 2.24) is 0 Å². The van der Waals surface area contributed by atoms with E-state index in [4.69, 9.17) is 14.2 Å². The molecule has 0 heterocycles. The van der Waals surface area contributed by atoms with Crippen LogP contribution in [0.3, 0.4) is 0 Å². The van der Waals surface area contributed by atoms with Crippen molar-refractivity contribution >= 4 is 32.3 Å². The van der Waals surface area contributed by atoms with E-state index in [0.29, 0.717) is 0 Å². The maximum atomic E-state index is 6.26. The van der Waals surface area contributed by atoms with Crippen LogP contribution < -0.4 is 14.2 Å². The Labute approximate surface area is 290 Å². The van der Waals surface area contributed by atoms with Gasteiger partial charge < -0.3 is 14.2 Å². The molecule has 7 aromatic rings. The van der Waals surface area contributed by atoms with Gasteiger partial charge in [-0.2, -0.15) is 0 Å². The van der Waals surface area contributed by atoms with Crippen LogP contribution in [-0.4, -0.2) is 16.8 Å². The fraction of sp³-hybridized carbons (Fsp3) is 0.261. The summed E-state index contributed by atoms with van der Waals surface area (Å²) in [5.74, 6) is 2.56. The van der Waals surface area contributed by atoms with Crippen molar-refractivity contribution in [2.45, 2.75) is 79.1 Å². The Morgan fingerprint density at radius 2 is 0.653 bits per heavy atom. The number of benzene rings is 7. The van der Waals surface area contributed by atoms with E-state index in [2.05, 4.69) is 178 Å². The number of hydrogen-bond donors (Lipinski definition) is 0. The van der Waals surface area contributed by atoms with Gasteiger partial charge in [0.1, 0.15) is 34.1 Å². The van der Waals surface area contributed by atoms with Crippen molar-refractivity contribution in [2.24, 2.45) is 0 Å². The van der Waals surface area contributed by atoms with E-state index < -0.39 is 0 Å². The monoisotopic (exact) mass is 646 g/mol. The number of ether oxygens (including phenoxy) is 3. The molecule has 3 heteroatoms. The van der Waals surface area contributed by atoms with Gasteiger partial charge in [-0.15, -0.1) is 0 Å². The molecule has 0 saturated carbocycles. The molecule has 0 N–H and O–H groups in total. The Morgan fingerprint density at radius 3 is 0.980 bits per heavy atom. The lowest BCUT2D eigenvalue weighted by molar-refractivity contribution is 0.130. The Morgan fingerprint density at radius 1 is 0.327 bits per heavy atom. The molecule has 0 aliphatic heterocycles. The van der Waals surface area contributed by atoms with Crippen LogP contribution >= 0.6 is 0 Å². The van der Waals surface area contributed by atoms with Crippen molar-refractivity contribution in [3.63, 3.8) is 0 Å². The summed E-state index contributed by atoms with van der Waals surface area (Å²) in [6, 6.07) is 41.6. The van der Waals surface area contributed by atoms with Crippen LogP contribution in [0.5, 0.6) is 17.2 Å². The molecule has 0 fully saturated rings. The smallest absolute Gasteiger partial charge is 0.120 e. The molecule has 3 nitrogen and oxygen atoms in total. The Bertz CT molecular complexity index is 2130. The first kappa shape index (κ1) is 32.5. The minimum absolute atomic E-state index is 0.285.